The summed E-state index contributed by atoms with van der Waals surface area (Å²) >= 11 is 1.57. The molecule has 2 N–H and O–H groups in total. The minimum atomic E-state index is -0.0897. The van der Waals surface area contributed by atoms with Gasteiger partial charge in [0, 0.05) is 37.9 Å². The number of hydrogen-bond donors (Lipinski definition) is 2. The smallest absolute Gasteiger partial charge is 0.223 e. The van der Waals surface area contributed by atoms with Gasteiger partial charge < -0.3 is 15.4 Å². The molecular weight excluding hydrogens is 436 g/mol. The van der Waals surface area contributed by atoms with Crippen LogP contribution in [0.2, 0.25) is 0 Å². The van der Waals surface area contributed by atoms with Crippen molar-refractivity contribution < 1.29 is 9.53 Å². The maximum absolute atomic E-state index is 11.6. The fourth-order valence-corrected chi connectivity index (χ4v) is 5.96. The van der Waals surface area contributed by atoms with Crippen molar-refractivity contribution in [1.82, 2.24) is 19.7 Å². The van der Waals surface area contributed by atoms with Crippen molar-refractivity contribution in [3.8, 4) is 21.8 Å². The Hall–Kier alpha value is -2.78. The zero-order valence-electron chi connectivity index (χ0n) is 19.2. The normalized spacial score (nSPS) is 15.7. The third-order valence-electron chi connectivity index (χ3n) is 6.39. The summed E-state index contributed by atoms with van der Waals surface area (Å²) in [6, 6.07) is 4.51. The average molecular weight is 467 g/mol. The molecule has 0 spiro atoms. The van der Waals surface area contributed by atoms with Crippen LogP contribution in [0.25, 0.3) is 21.8 Å². The first-order valence-electron chi connectivity index (χ1n) is 11.7. The second-order valence-corrected chi connectivity index (χ2v) is 9.74. The number of ether oxygens (including phenoxy) is 1. The maximum atomic E-state index is 11.6. The molecule has 5 rings (SSSR count). The van der Waals surface area contributed by atoms with E-state index in [0.29, 0.717) is 17.8 Å². The number of amides is 1. The summed E-state index contributed by atoms with van der Waals surface area (Å²) < 4.78 is 7.37. The molecule has 174 valence electrons. The third-order valence-corrected chi connectivity index (χ3v) is 7.41. The van der Waals surface area contributed by atoms with E-state index in [9.17, 15) is 4.79 Å². The van der Waals surface area contributed by atoms with E-state index in [-0.39, 0.29) is 5.91 Å². The fourth-order valence-electron chi connectivity index (χ4n) is 4.84. The molecule has 0 radical (unpaired) electrons. The van der Waals surface area contributed by atoms with Gasteiger partial charge in [-0.2, -0.15) is 5.10 Å². The first kappa shape index (κ1) is 22.0. The average Bonchev–Trinajstić information content (AvgIpc) is 3.41. The lowest BCUT2D eigenvalue weighted by atomic mass is 9.93. The zero-order valence-corrected chi connectivity index (χ0v) is 20.0. The Bertz CT molecular complexity index is 1130. The van der Waals surface area contributed by atoms with Gasteiger partial charge in [0.2, 0.25) is 5.91 Å². The lowest BCUT2D eigenvalue weighted by Crippen LogP contribution is -2.16. The number of carbonyl (C=O) groups excluding carboxylic acids is 1. The topological polar surface area (TPSA) is 94.0 Å². The summed E-state index contributed by atoms with van der Waals surface area (Å²) in [5.74, 6) is 0.745. The summed E-state index contributed by atoms with van der Waals surface area (Å²) in [7, 11) is 1.69. The summed E-state index contributed by atoms with van der Waals surface area (Å²) in [4.78, 5) is 22.1. The molecule has 9 heteroatoms. The SMILES string of the molecule is COCCNc1ccc(-c2nn(C3CCCCC3)c3c2CCc2nc(NC(C)=O)sc2-3)cn1. The summed E-state index contributed by atoms with van der Waals surface area (Å²) in [6.45, 7) is 2.89. The zero-order chi connectivity index (χ0) is 22.8. The van der Waals surface area contributed by atoms with Crippen LogP contribution in [0.3, 0.4) is 0 Å². The van der Waals surface area contributed by atoms with Gasteiger partial charge in [0.05, 0.1) is 34.6 Å². The molecule has 0 unspecified atom stereocenters. The predicted molar refractivity (Wildman–Crippen MR) is 131 cm³/mol. The number of hydrogen-bond acceptors (Lipinski definition) is 7. The van der Waals surface area contributed by atoms with E-state index < -0.39 is 0 Å². The first-order valence-corrected chi connectivity index (χ1v) is 12.5. The van der Waals surface area contributed by atoms with Crippen molar-refractivity contribution in [2.24, 2.45) is 0 Å². The third kappa shape index (κ3) is 4.52. The van der Waals surface area contributed by atoms with E-state index in [1.54, 1.807) is 18.4 Å². The predicted octanol–water partition coefficient (Wildman–Crippen LogP) is 4.69. The molecule has 33 heavy (non-hydrogen) atoms. The van der Waals surface area contributed by atoms with Gasteiger partial charge >= 0.3 is 0 Å². The second-order valence-electron chi connectivity index (χ2n) is 8.74. The summed E-state index contributed by atoms with van der Waals surface area (Å²) in [6.07, 6.45) is 9.74. The Kier molecular flexibility index (Phi) is 6.41. The van der Waals surface area contributed by atoms with Crippen LogP contribution in [0, 0.1) is 0 Å². The number of aromatic nitrogens is 4. The Morgan fingerprint density at radius 1 is 1.24 bits per heavy atom. The van der Waals surface area contributed by atoms with Crippen LogP contribution in [0.4, 0.5) is 10.9 Å². The number of fused-ring (bicyclic) bond motifs is 3. The van der Waals surface area contributed by atoms with E-state index in [1.165, 1.54) is 37.4 Å². The molecular formula is C24H30N6O2S. The van der Waals surface area contributed by atoms with Crippen molar-refractivity contribution in [2.75, 3.05) is 30.9 Å². The summed E-state index contributed by atoms with van der Waals surface area (Å²) in [5.41, 5.74) is 5.58. The highest BCUT2D eigenvalue weighted by Crippen LogP contribution is 2.45. The lowest BCUT2D eigenvalue weighted by molar-refractivity contribution is -0.114. The van der Waals surface area contributed by atoms with E-state index in [1.807, 2.05) is 12.3 Å². The molecule has 2 aliphatic rings. The van der Waals surface area contributed by atoms with Crippen LogP contribution < -0.4 is 10.6 Å². The van der Waals surface area contributed by atoms with Crippen molar-refractivity contribution in [2.45, 2.75) is 57.9 Å². The molecule has 1 fully saturated rings. The Morgan fingerprint density at radius 3 is 2.82 bits per heavy atom. The molecule has 0 bridgehead atoms. The number of nitrogens with one attached hydrogen (secondary N) is 2. The van der Waals surface area contributed by atoms with Gasteiger partial charge in [-0.1, -0.05) is 30.6 Å². The lowest BCUT2D eigenvalue weighted by Gasteiger charge is -2.25. The molecule has 0 atom stereocenters. The number of carbonyl (C=O) groups is 1. The number of thiazole rings is 1. The van der Waals surface area contributed by atoms with E-state index >= 15 is 0 Å². The van der Waals surface area contributed by atoms with Gasteiger partial charge in [0.1, 0.15) is 5.82 Å². The van der Waals surface area contributed by atoms with Gasteiger partial charge in [-0.25, -0.2) is 9.97 Å². The fraction of sp³-hybridized carbons (Fsp3) is 0.500. The molecule has 0 aromatic carbocycles. The maximum Gasteiger partial charge on any atom is 0.223 e. The molecule has 3 heterocycles. The van der Waals surface area contributed by atoms with Crippen molar-refractivity contribution in [3.63, 3.8) is 0 Å². The number of aryl methyl sites for hydroxylation is 1. The number of rotatable bonds is 7. The van der Waals surface area contributed by atoms with E-state index in [4.69, 9.17) is 14.8 Å². The Morgan fingerprint density at radius 2 is 2.09 bits per heavy atom. The highest BCUT2D eigenvalue weighted by atomic mass is 32.1. The molecule has 3 aromatic heterocycles. The molecule has 1 saturated carbocycles. The highest BCUT2D eigenvalue weighted by Gasteiger charge is 2.32. The minimum Gasteiger partial charge on any atom is -0.383 e. The molecule has 1 amide bonds. The van der Waals surface area contributed by atoms with Crippen LogP contribution >= 0.6 is 11.3 Å². The van der Waals surface area contributed by atoms with Crippen LogP contribution in [-0.2, 0) is 22.4 Å². The minimum absolute atomic E-state index is 0.0897. The molecule has 2 aliphatic carbocycles. The monoisotopic (exact) mass is 466 g/mol. The van der Waals surface area contributed by atoms with Crippen LogP contribution in [0.5, 0.6) is 0 Å². The van der Waals surface area contributed by atoms with Gasteiger partial charge in [0.25, 0.3) is 0 Å². The Balaban J connectivity index is 1.54. The number of nitrogens with zero attached hydrogens (tertiary/aromatic N) is 4. The van der Waals surface area contributed by atoms with Gasteiger partial charge in [0.15, 0.2) is 5.13 Å². The van der Waals surface area contributed by atoms with Crippen molar-refractivity contribution in [1.29, 1.82) is 0 Å². The standard InChI is InChI=1S/C24H30N6O2S/c1-15(31)27-24-28-19-10-9-18-21(16-8-11-20(26-14-16)25-12-13-32-2)29-30(22(18)23(19)33-24)17-6-4-3-5-7-17/h8,11,14,17H,3-7,9-10,12-13H2,1-2H3,(H,25,26)(H,27,28,31). The van der Waals surface area contributed by atoms with Crippen LogP contribution in [0.1, 0.15) is 56.3 Å². The van der Waals surface area contributed by atoms with E-state index in [0.717, 1.165) is 59.9 Å². The van der Waals surface area contributed by atoms with Crippen molar-refractivity contribution >= 4 is 28.2 Å². The molecule has 3 aromatic rings. The van der Waals surface area contributed by atoms with Gasteiger partial charge in [-0.3, -0.25) is 9.48 Å². The molecule has 0 aliphatic heterocycles. The van der Waals surface area contributed by atoms with Gasteiger partial charge in [-0.05, 0) is 37.8 Å². The highest BCUT2D eigenvalue weighted by molar-refractivity contribution is 7.19. The van der Waals surface area contributed by atoms with E-state index in [2.05, 4.69) is 26.4 Å². The number of pyridine rings is 1. The Labute approximate surface area is 197 Å². The van der Waals surface area contributed by atoms with Crippen LogP contribution in [-0.4, -0.2) is 45.9 Å². The largest absolute Gasteiger partial charge is 0.383 e. The van der Waals surface area contributed by atoms with Gasteiger partial charge in [-0.15, -0.1) is 0 Å². The molecule has 0 saturated heterocycles. The first-order chi connectivity index (χ1) is 16.1. The number of methoxy groups -OCH3 is 1. The summed E-state index contributed by atoms with van der Waals surface area (Å²) in [5, 5.41) is 12.0. The number of anilines is 2. The quantitative estimate of drug-likeness (QED) is 0.491. The van der Waals surface area contributed by atoms with Crippen LogP contribution in [0.15, 0.2) is 18.3 Å². The van der Waals surface area contributed by atoms with Crippen molar-refractivity contribution in [3.05, 3.63) is 29.6 Å². The second kappa shape index (κ2) is 9.61. The molecule has 8 nitrogen and oxygen atoms in total.